The second kappa shape index (κ2) is 34.4. The highest BCUT2D eigenvalue weighted by Crippen LogP contribution is 2.55. The first kappa shape index (κ1) is 75.7. The summed E-state index contributed by atoms with van der Waals surface area (Å²) < 4.78 is 129. The third kappa shape index (κ3) is 17.2. The van der Waals surface area contributed by atoms with Gasteiger partial charge in [0.15, 0.2) is 0 Å². The third-order valence-corrected chi connectivity index (χ3v) is 27.6. The zero-order chi connectivity index (χ0) is 108. The molecule has 16 aromatic rings. The van der Waals surface area contributed by atoms with E-state index >= 15 is 0 Å². The Balaban J connectivity index is 0.000000191. The van der Waals surface area contributed by atoms with E-state index < -0.39 is 114 Å². The molecule has 0 aromatic heterocycles. The van der Waals surface area contributed by atoms with Gasteiger partial charge in [-0.15, -0.1) is 0 Å². The number of anilines is 18. The molecule has 4 aliphatic heterocycles. The molecule has 0 aliphatic carbocycles. The second-order valence-electron chi connectivity index (χ2n) is 45.4. The molecule has 136 heavy (non-hydrogen) atoms. The Morgan fingerprint density at radius 3 is 0.801 bits per heavy atom. The summed E-state index contributed by atoms with van der Waals surface area (Å²) in [6.45, 7) is 53.4. The topological polar surface area (TPSA) is 19.4 Å². The summed E-state index contributed by atoms with van der Waals surface area (Å²) in [6, 6.07) is 91.8. The molecule has 0 saturated heterocycles. The van der Waals surface area contributed by atoms with Crippen molar-refractivity contribution in [3.63, 3.8) is 0 Å². The number of rotatable bonds is 12. The highest BCUT2D eigenvalue weighted by Gasteiger charge is 2.48. The quantitative estimate of drug-likeness (QED) is 0.113. The van der Waals surface area contributed by atoms with Crippen LogP contribution in [-0.2, 0) is 43.3 Å². The van der Waals surface area contributed by atoms with E-state index in [0.717, 1.165) is 89.8 Å². The second-order valence-corrected chi connectivity index (χ2v) is 45.4. The maximum absolute atomic E-state index is 9.93. The van der Waals surface area contributed by atoms with Gasteiger partial charge in [0.25, 0.3) is 13.4 Å². The fourth-order valence-corrected chi connectivity index (χ4v) is 20.0. The number of nitrogens with zero attached hydrogens (tertiary/aromatic N) is 6. The number of para-hydroxylation sites is 4. The molecule has 0 bridgehead atoms. The van der Waals surface area contributed by atoms with Crippen molar-refractivity contribution in [3.8, 4) is 22.3 Å². The van der Waals surface area contributed by atoms with Crippen LogP contribution in [0.1, 0.15) is 230 Å². The maximum Gasteiger partial charge on any atom is 0.252 e. The zero-order valence-electron chi connectivity index (χ0n) is 97.4. The van der Waals surface area contributed by atoms with Gasteiger partial charge >= 0.3 is 0 Å². The van der Waals surface area contributed by atoms with Crippen LogP contribution in [0.4, 0.5) is 102 Å². The van der Waals surface area contributed by atoms with Crippen molar-refractivity contribution < 1.29 is 19.2 Å². The fourth-order valence-electron chi connectivity index (χ4n) is 20.0. The van der Waals surface area contributed by atoms with E-state index in [2.05, 4.69) is 458 Å². The molecule has 6 nitrogen and oxygen atoms in total. The predicted molar refractivity (Wildman–Crippen MR) is 591 cm³/mol. The lowest BCUT2D eigenvalue weighted by atomic mass is 9.33. The van der Waals surface area contributed by atoms with E-state index in [1.165, 1.54) is 77.4 Å². The van der Waals surface area contributed by atoms with Gasteiger partial charge in [-0.2, -0.15) is 0 Å². The van der Waals surface area contributed by atoms with Crippen molar-refractivity contribution >= 4 is 149 Å². The van der Waals surface area contributed by atoms with Gasteiger partial charge in [-0.3, -0.25) is 0 Å². The predicted octanol–water partition coefficient (Wildman–Crippen LogP) is 32.2. The zero-order valence-corrected chi connectivity index (χ0v) is 83.4. The molecule has 16 aromatic carbocycles. The molecule has 0 N–H and O–H groups in total. The van der Waals surface area contributed by atoms with Gasteiger partial charge in [-0.05, 0) is 265 Å². The summed E-state index contributed by atoms with van der Waals surface area (Å²) >= 11 is 0. The Morgan fingerprint density at radius 1 is 0.206 bits per heavy atom. The van der Waals surface area contributed by atoms with Crippen LogP contribution in [0.2, 0.25) is 0 Å². The van der Waals surface area contributed by atoms with Crippen molar-refractivity contribution in [1.82, 2.24) is 0 Å². The van der Waals surface area contributed by atoms with Gasteiger partial charge in [0.1, 0.15) is 0 Å². The lowest BCUT2D eigenvalue weighted by Crippen LogP contribution is -2.61. The summed E-state index contributed by atoms with van der Waals surface area (Å²) in [5.41, 5.74) is 30.6. The van der Waals surface area contributed by atoms with Crippen LogP contribution in [0.3, 0.4) is 0 Å². The van der Waals surface area contributed by atoms with E-state index in [9.17, 15) is 9.60 Å². The molecule has 0 saturated carbocycles. The maximum atomic E-state index is 9.93. The minimum atomic E-state index is -0.785. The van der Waals surface area contributed by atoms with Crippen molar-refractivity contribution in [2.45, 2.75) is 209 Å². The number of hydrogen-bond acceptors (Lipinski definition) is 6. The van der Waals surface area contributed by atoms with E-state index in [0.29, 0.717) is 11.4 Å². The van der Waals surface area contributed by atoms with E-state index in [4.69, 9.17) is 9.60 Å². The number of fused-ring (bicyclic) bond motifs is 8. The first-order valence-corrected chi connectivity index (χ1v) is 48.0. The van der Waals surface area contributed by atoms with Crippen LogP contribution in [0.15, 0.2) is 364 Å². The molecular weight excluding hydrogens is 1640 g/mol. The van der Waals surface area contributed by atoms with Crippen LogP contribution < -0.4 is 62.2 Å². The molecule has 0 radical (unpaired) electrons. The molecule has 20 rings (SSSR count). The number of hydrogen-bond donors (Lipinski definition) is 0. The molecule has 0 spiro atoms. The minimum Gasteiger partial charge on any atom is -0.311 e. The van der Waals surface area contributed by atoms with Crippen molar-refractivity contribution in [3.05, 3.63) is 408 Å². The van der Waals surface area contributed by atoms with Crippen LogP contribution in [0.25, 0.3) is 22.3 Å². The van der Waals surface area contributed by atoms with E-state index in [1.807, 2.05) is 12.1 Å². The highest BCUT2D eigenvalue weighted by molar-refractivity contribution is 7.01. The summed E-state index contributed by atoms with van der Waals surface area (Å²) in [4.78, 5) is 13.1. The van der Waals surface area contributed by atoms with Gasteiger partial charge in [-0.25, -0.2) is 0 Å². The van der Waals surface area contributed by atoms with Gasteiger partial charge < -0.3 is 29.4 Å². The molecule has 8 heteroatoms. The average molecular weight is 1790 g/mol. The first-order chi connectivity index (χ1) is 70.3. The van der Waals surface area contributed by atoms with E-state index in [-0.39, 0.29) is 55.7 Å². The molecule has 4 heterocycles. The molecular formula is C128H132B2N6. The van der Waals surface area contributed by atoms with E-state index in [1.54, 1.807) is 0 Å². The molecule has 4 aliphatic rings. The smallest absolute Gasteiger partial charge is 0.252 e. The monoisotopic (exact) mass is 1790 g/mol. The van der Waals surface area contributed by atoms with Gasteiger partial charge in [0.2, 0.25) is 0 Å². The standard InChI is InChI=1S/2C64H66BN3/c2*1-61(2,3)44-27-33-49(34-28-44)67-56-37-31-46(63(7,8)9)39-53(56)65-54-40-47(64(10,11)12)32-38-57(54)68(50-35-29-45(30-36-50)62(4,5)6)59-42-51(41-58(67)60(59)65)66(48-23-17-14-18-24-48)55-26-20-19-25-52(55)43-21-15-13-16-22-43/h2*13-42H,1-12H3/i13D,14D,15D,16D,17D,18D,19D,20D,21D,22D,23D,24D,25D,26D;. The van der Waals surface area contributed by atoms with Gasteiger partial charge in [-0.1, -0.05) is 396 Å². The van der Waals surface area contributed by atoms with Crippen molar-refractivity contribution in [2.75, 3.05) is 29.4 Å². The van der Waals surface area contributed by atoms with Crippen LogP contribution in [0.5, 0.6) is 0 Å². The Labute approximate surface area is 832 Å². The Kier molecular flexibility index (Phi) is 19.1. The molecule has 0 fully saturated rings. The normalized spacial score (nSPS) is 14.9. The molecule has 0 atom stereocenters. The lowest BCUT2D eigenvalue weighted by molar-refractivity contribution is 0.590. The van der Waals surface area contributed by atoms with Crippen LogP contribution in [0, 0.1) is 0 Å². The Morgan fingerprint density at radius 2 is 0.478 bits per heavy atom. The average Bonchev–Trinajstić information content (AvgIpc) is 0.690. The third-order valence-electron chi connectivity index (χ3n) is 27.6. The number of benzene rings is 16. The Bertz CT molecular complexity index is 7730. The van der Waals surface area contributed by atoms with Crippen molar-refractivity contribution in [1.29, 1.82) is 0 Å². The van der Waals surface area contributed by atoms with Gasteiger partial charge in [0, 0.05) is 90.8 Å². The van der Waals surface area contributed by atoms with Crippen LogP contribution in [-0.4, -0.2) is 13.4 Å². The lowest BCUT2D eigenvalue weighted by Gasteiger charge is -2.45. The molecule has 680 valence electrons. The summed E-state index contributed by atoms with van der Waals surface area (Å²) in [6.07, 6.45) is 0. The minimum absolute atomic E-state index is 0.0178. The van der Waals surface area contributed by atoms with Crippen LogP contribution >= 0.6 is 0 Å². The Hall–Kier alpha value is -13.6. The summed E-state index contributed by atoms with van der Waals surface area (Å²) in [5, 5.41) is 0. The largest absolute Gasteiger partial charge is 0.311 e. The summed E-state index contributed by atoms with van der Waals surface area (Å²) in [7, 11) is 0. The van der Waals surface area contributed by atoms with Crippen molar-refractivity contribution in [2.24, 2.45) is 0 Å². The van der Waals surface area contributed by atoms with Gasteiger partial charge in [0.05, 0.1) is 41.9 Å². The molecule has 0 unspecified atom stereocenters. The molecule has 0 amide bonds. The summed E-state index contributed by atoms with van der Waals surface area (Å²) in [5.74, 6) is 0. The fraction of sp³-hybridized carbons (Fsp3) is 0.250. The first-order valence-electron chi connectivity index (χ1n) is 55.0. The highest BCUT2D eigenvalue weighted by atomic mass is 15.2. The SMILES string of the molecule is CC(C)(C)c1ccc(N2c3ccc(C(C)(C)C)cc3B3c4cc(C(C)(C)C)ccc4N(c4ccc(C(C)(C)C)cc4)c4cc(N(c5ccccc5)c5ccccc5-c5ccccc5)cc2c43)cc1.[2H]c1c([2H])c([2H])c(-c2c([2H])c([2H])c([2H])c([2H])c2N(c2cc3c4c(c2)N(c2ccc(C(C)(C)C)cc2)c2ccc(C(C)(C)C)cc2B4c2cc(C(C)(C)C)ccc2N3c2ccc(C(C)(C)C)cc2)c2c([2H])c([2H])c([2H])c([2H])c2[2H])c([2H])c1[2H].